The predicted octanol–water partition coefficient (Wildman–Crippen LogP) is 2.05. The van der Waals surface area contributed by atoms with Crippen molar-refractivity contribution in [3.05, 3.63) is 29.6 Å². The van der Waals surface area contributed by atoms with Crippen LogP contribution < -0.4 is 10.1 Å². The smallest absolute Gasteiger partial charge is 0.165 e. The zero-order chi connectivity index (χ0) is 10.3. The number of ether oxygens (including phenoxy) is 1. The Morgan fingerprint density at radius 2 is 2.07 bits per heavy atom. The second-order valence-corrected chi connectivity index (χ2v) is 4.36. The number of halogens is 1. The highest BCUT2D eigenvalue weighted by Gasteiger charge is 2.25. The van der Waals surface area contributed by atoms with E-state index in [1.807, 2.05) is 6.07 Å². The van der Waals surface area contributed by atoms with E-state index < -0.39 is 0 Å². The quantitative estimate of drug-likeness (QED) is 0.819. The van der Waals surface area contributed by atoms with Crippen LogP contribution >= 0.6 is 0 Å². The molecule has 2 nitrogen and oxygen atoms in total. The molecule has 1 aliphatic heterocycles. The summed E-state index contributed by atoms with van der Waals surface area (Å²) in [6, 6.07) is 5.38. The van der Waals surface area contributed by atoms with Crippen molar-refractivity contribution in [3.63, 3.8) is 0 Å². The van der Waals surface area contributed by atoms with E-state index >= 15 is 0 Å². The first-order valence-corrected chi connectivity index (χ1v) is 5.50. The highest BCUT2D eigenvalue weighted by Crippen LogP contribution is 2.41. The molecule has 1 aromatic rings. The predicted molar refractivity (Wildman–Crippen MR) is 55.7 cm³/mol. The van der Waals surface area contributed by atoms with E-state index in [0.717, 1.165) is 18.7 Å². The van der Waals surface area contributed by atoms with Crippen molar-refractivity contribution in [3.8, 4) is 5.75 Å². The Hall–Kier alpha value is -1.09. The van der Waals surface area contributed by atoms with Gasteiger partial charge in [-0.15, -0.1) is 0 Å². The third kappa shape index (κ3) is 1.84. The lowest BCUT2D eigenvalue weighted by Gasteiger charge is -2.28. The average molecular weight is 207 g/mol. The van der Waals surface area contributed by atoms with Crippen molar-refractivity contribution in [1.82, 2.24) is 5.32 Å². The van der Waals surface area contributed by atoms with Gasteiger partial charge in [-0.1, -0.05) is 6.07 Å². The topological polar surface area (TPSA) is 21.3 Å². The largest absolute Gasteiger partial charge is 0.485 e. The molecule has 0 bridgehead atoms. The molecular weight excluding hydrogens is 193 g/mol. The average Bonchev–Trinajstić information content (AvgIpc) is 2.96. The molecule has 0 amide bonds. The van der Waals surface area contributed by atoms with E-state index in [1.54, 1.807) is 12.1 Å². The van der Waals surface area contributed by atoms with Gasteiger partial charge in [0.25, 0.3) is 0 Å². The Bertz CT molecular complexity index is 372. The molecule has 80 valence electrons. The van der Waals surface area contributed by atoms with Crippen molar-refractivity contribution in [2.75, 3.05) is 13.1 Å². The Balaban J connectivity index is 1.75. The van der Waals surface area contributed by atoms with Gasteiger partial charge in [0.2, 0.25) is 0 Å². The number of rotatable bonds is 3. The summed E-state index contributed by atoms with van der Waals surface area (Å²) >= 11 is 0. The van der Waals surface area contributed by atoms with Gasteiger partial charge in [-0.25, -0.2) is 4.39 Å². The van der Waals surface area contributed by atoms with Crippen LogP contribution in [-0.4, -0.2) is 19.2 Å². The van der Waals surface area contributed by atoms with Crippen LogP contribution in [0.3, 0.4) is 0 Å². The maximum atomic E-state index is 13.6. The van der Waals surface area contributed by atoms with Gasteiger partial charge < -0.3 is 10.1 Å². The Kier molecular flexibility index (Phi) is 2.13. The molecule has 0 unspecified atom stereocenters. The molecule has 2 aliphatic rings. The second-order valence-electron chi connectivity index (χ2n) is 4.36. The van der Waals surface area contributed by atoms with Crippen LogP contribution in [0.15, 0.2) is 18.2 Å². The van der Waals surface area contributed by atoms with E-state index in [0.29, 0.717) is 11.7 Å². The Labute approximate surface area is 88.4 Å². The van der Waals surface area contributed by atoms with Gasteiger partial charge in [-0.05, 0) is 36.5 Å². The minimum atomic E-state index is -0.216. The first-order valence-electron chi connectivity index (χ1n) is 5.50. The molecule has 2 fully saturated rings. The molecule has 1 N–H and O–H groups in total. The molecule has 0 spiro atoms. The highest BCUT2D eigenvalue weighted by molar-refractivity contribution is 5.33. The first kappa shape index (κ1) is 9.16. The Morgan fingerprint density at radius 1 is 1.27 bits per heavy atom. The SMILES string of the molecule is Fc1cc(C2CC2)ccc1OC1CNC1. The van der Waals surface area contributed by atoms with E-state index in [4.69, 9.17) is 4.74 Å². The molecule has 0 atom stereocenters. The lowest BCUT2D eigenvalue weighted by Crippen LogP contribution is -2.50. The van der Waals surface area contributed by atoms with E-state index in [1.165, 1.54) is 12.8 Å². The second kappa shape index (κ2) is 3.49. The Morgan fingerprint density at radius 3 is 2.60 bits per heavy atom. The zero-order valence-electron chi connectivity index (χ0n) is 8.50. The minimum Gasteiger partial charge on any atom is -0.485 e. The molecule has 3 heteroatoms. The van der Waals surface area contributed by atoms with Gasteiger partial charge >= 0.3 is 0 Å². The van der Waals surface area contributed by atoms with Crippen LogP contribution in [0, 0.1) is 5.82 Å². The van der Waals surface area contributed by atoms with E-state index in [2.05, 4.69) is 5.32 Å². The normalized spacial score (nSPS) is 21.1. The zero-order valence-corrected chi connectivity index (χ0v) is 8.50. The van der Waals surface area contributed by atoms with Gasteiger partial charge in [-0.3, -0.25) is 0 Å². The maximum absolute atomic E-state index is 13.6. The molecule has 1 heterocycles. The third-order valence-corrected chi connectivity index (χ3v) is 3.04. The molecule has 3 rings (SSSR count). The van der Waals surface area contributed by atoms with Gasteiger partial charge in [0.1, 0.15) is 6.10 Å². The summed E-state index contributed by atoms with van der Waals surface area (Å²) in [5, 5.41) is 3.09. The fourth-order valence-corrected chi connectivity index (χ4v) is 1.81. The molecule has 15 heavy (non-hydrogen) atoms. The van der Waals surface area contributed by atoms with Crippen molar-refractivity contribution in [2.45, 2.75) is 24.9 Å². The van der Waals surface area contributed by atoms with Crippen molar-refractivity contribution in [2.24, 2.45) is 0 Å². The van der Waals surface area contributed by atoms with Crippen LogP contribution in [0.2, 0.25) is 0 Å². The summed E-state index contributed by atoms with van der Waals surface area (Å²) in [6.45, 7) is 1.65. The highest BCUT2D eigenvalue weighted by atomic mass is 19.1. The molecule has 0 radical (unpaired) electrons. The van der Waals surface area contributed by atoms with E-state index in [-0.39, 0.29) is 11.9 Å². The summed E-state index contributed by atoms with van der Waals surface area (Å²) in [7, 11) is 0. The number of benzene rings is 1. The molecule has 1 aliphatic carbocycles. The van der Waals surface area contributed by atoms with Crippen LogP contribution in [-0.2, 0) is 0 Å². The van der Waals surface area contributed by atoms with Gasteiger partial charge in [-0.2, -0.15) is 0 Å². The van der Waals surface area contributed by atoms with Gasteiger partial charge in [0.15, 0.2) is 11.6 Å². The standard InChI is InChI=1S/C12H14FNO/c13-11-5-9(8-1-2-8)3-4-12(11)15-10-6-14-7-10/h3-5,8,10,14H,1-2,6-7H2. The summed E-state index contributed by atoms with van der Waals surface area (Å²) in [5.74, 6) is 0.774. The minimum absolute atomic E-state index is 0.145. The lowest BCUT2D eigenvalue weighted by atomic mass is 10.1. The van der Waals surface area contributed by atoms with Crippen LogP contribution in [0.5, 0.6) is 5.75 Å². The summed E-state index contributed by atoms with van der Waals surface area (Å²) in [5.41, 5.74) is 1.12. The molecular formula is C12H14FNO. The van der Waals surface area contributed by atoms with Crippen LogP contribution in [0.1, 0.15) is 24.3 Å². The molecule has 1 saturated heterocycles. The van der Waals surface area contributed by atoms with Gasteiger partial charge in [0.05, 0.1) is 0 Å². The summed E-state index contributed by atoms with van der Waals surface area (Å²) in [4.78, 5) is 0. The number of nitrogens with one attached hydrogen (secondary N) is 1. The summed E-state index contributed by atoms with van der Waals surface area (Å²) < 4.78 is 19.1. The monoisotopic (exact) mass is 207 g/mol. The maximum Gasteiger partial charge on any atom is 0.165 e. The third-order valence-electron chi connectivity index (χ3n) is 3.04. The van der Waals surface area contributed by atoms with Crippen molar-refractivity contribution >= 4 is 0 Å². The number of hydrogen-bond donors (Lipinski definition) is 1. The molecule has 1 saturated carbocycles. The molecule has 1 aromatic carbocycles. The van der Waals surface area contributed by atoms with Crippen molar-refractivity contribution < 1.29 is 9.13 Å². The van der Waals surface area contributed by atoms with Crippen LogP contribution in [0.25, 0.3) is 0 Å². The van der Waals surface area contributed by atoms with Gasteiger partial charge in [0, 0.05) is 13.1 Å². The first-order chi connectivity index (χ1) is 7.33. The van der Waals surface area contributed by atoms with E-state index in [9.17, 15) is 4.39 Å². The number of hydrogen-bond acceptors (Lipinski definition) is 2. The van der Waals surface area contributed by atoms with Crippen LogP contribution in [0.4, 0.5) is 4.39 Å². The fourth-order valence-electron chi connectivity index (χ4n) is 1.81. The lowest BCUT2D eigenvalue weighted by molar-refractivity contribution is 0.136. The fraction of sp³-hybridized carbons (Fsp3) is 0.500. The van der Waals surface area contributed by atoms with Crippen molar-refractivity contribution in [1.29, 1.82) is 0 Å². The summed E-state index contributed by atoms with van der Waals surface area (Å²) in [6.07, 6.45) is 2.55. The molecule has 0 aromatic heterocycles.